The van der Waals surface area contributed by atoms with E-state index in [1.165, 1.54) is 24.3 Å². The topological polar surface area (TPSA) is 217 Å². The number of carboxylic acid groups (broad SMARTS) is 2. The molecule has 0 saturated heterocycles. The van der Waals surface area contributed by atoms with Crippen LogP contribution in [0.1, 0.15) is 18.5 Å². The van der Waals surface area contributed by atoms with Crippen molar-refractivity contribution in [2.75, 3.05) is 18.6 Å². The summed E-state index contributed by atoms with van der Waals surface area (Å²) in [5.41, 5.74) is 6.34. The van der Waals surface area contributed by atoms with Gasteiger partial charge in [0.05, 0.1) is 18.8 Å². The molecule has 0 aliphatic heterocycles. The smallest absolute Gasteiger partial charge is 0.322 e. The minimum Gasteiger partial charge on any atom is -0.481 e. The molecular formula is C17H26N6O7S. The van der Waals surface area contributed by atoms with Gasteiger partial charge in [-0.3, -0.25) is 24.0 Å². The molecule has 3 amide bonds. The number of carboxylic acids is 2. The number of nitrogens with two attached hydrogens (primary N) is 1. The molecule has 0 bridgehead atoms. The van der Waals surface area contributed by atoms with Gasteiger partial charge < -0.3 is 36.9 Å². The van der Waals surface area contributed by atoms with Crippen LogP contribution in [0.25, 0.3) is 0 Å². The molecule has 8 N–H and O–H groups in total. The SMILES string of the molecule is CSCCC(N)C(=O)NC(Cc1cnc[nH]1)C(=O)NC(CC(=O)O)C(=O)NCC(=O)O. The van der Waals surface area contributed by atoms with E-state index in [4.69, 9.17) is 15.9 Å². The van der Waals surface area contributed by atoms with Crippen LogP contribution in [-0.2, 0) is 30.4 Å². The Balaban J connectivity index is 2.93. The molecule has 14 heteroatoms. The summed E-state index contributed by atoms with van der Waals surface area (Å²) in [6, 6.07) is -3.59. The monoisotopic (exact) mass is 458 g/mol. The van der Waals surface area contributed by atoms with Crippen LogP contribution >= 0.6 is 11.8 Å². The van der Waals surface area contributed by atoms with Gasteiger partial charge >= 0.3 is 11.9 Å². The first-order chi connectivity index (χ1) is 14.6. The Morgan fingerprint density at radius 3 is 2.32 bits per heavy atom. The molecule has 0 radical (unpaired) electrons. The summed E-state index contributed by atoms with van der Waals surface area (Å²) in [5.74, 6) is -4.49. The van der Waals surface area contributed by atoms with E-state index in [2.05, 4.69) is 20.6 Å². The van der Waals surface area contributed by atoms with Gasteiger partial charge in [-0.25, -0.2) is 4.98 Å². The number of aliphatic carboxylic acids is 2. The second-order valence-electron chi connectivity index (χ2n) is 6.50. The van der Waals surface area contributed by atoms with Gasteiger partial charge in [0.2, 0.25) is 17.7 Å². The fourth-order valence-electron chi connectivity index (χ4n) is 2.42. The summed E-state index contributed by atoms with van der Waals surface area (Å²) < 4.78 is 0. The lowest BCUT2D eigenvalue weighted by Gasteiger charge is -2.23. The predicted octanol–water partition coefficient (Wildman–Crippen LogP) is -2.32. The van der Waals surface area contributed by atoms with Crippen molar-refractivity contribution >= 4 is 41.4 Å². The van der Waals surface area contributed by atoms with Crippen LogP contribution in [-0.4, -0.2) is 86.5 Å². The Morgan fingerprint density at radius 2 is 1.77 bits per heavy atom. The Bertz CT molecular complexity index is 773. The molecule has 0 saturated carbocycles. The fraction of sp³-hybridized carbons (Fsp3) is 0.529. The molecule has 1 aromatic heterocycles. The number of aromatic nitrogens is 2. The van der Waals surface area contributed by atoms with Gasteiger partial charge in [-0.2, -0.15) is 11.8 Å². The van der Waals surface area contributed by atoms with Crippen LogP contribution in [0.15, 0.2) is 12.5 Å². The lowest BCUT2D eigenvalue weighted by atomic mass is 10.1. The van der Waals surface area contributed by atoms with E-state index in [-0.39, 0.29) is 6.42 Å². The molecule has 0 fully saturated rings. The number of thioether (sulfide) groups is 1. The first-order valence-corrected chi connectivity index (χ1v) is 10.6. The Labute approximate surface area is 181 Å². The van der Waals surface area contributed by atoms with Crippen molar-refractivity contribution < 1.29 is 34.2 Å². The lowest BCUT2D eigenvalue weighted by Crippen LogP contribution is -2.57. The highest BCUT2D eigenvalue weighted by Crippen LogP contribution is 2.04. The van der Waals surface area contributed by atoms with Crippen LogP contribution in [0.3, 0.4) is 0 Å². The highest BCUT2D eigenvalue weighted by Gasteiger charge is 2.30. The van der Waals surface area contributed by atoms with Gasteiger partial charge in [0.1, 0.15) is 18.6 Å². The Morgan fingerprint density at radius 1 is 1.10 bits per heavy atom. The Kier molecular flexibility index (Phi) is 11.1. The lowest BCUT2D eigenvalue weighted by molar-refractivity contribution is -0.141. The number of carbonyl (C=O) groups excluding carboxylic acids is 3. The van der Waals surface area contributed by atoms with E-state index < -0.39 is 60.8 Å². The largest absolute Gasteiger partial charge is 0.481 e. The molecule has 0 aliphatic carbocycles. The minimum atomic E-state index is -1.55. The molecule has 31 heavy (non-hydrogen) atoms. The van der Waals surface area contributed by atoms with Gasteiger partial charge in [-0.05, 0) is 18.4 Å². The molecule has 0 spiro atoms. The average Bonchev–Trinajstić information content (AvgIpc) is 3.21. The number of rotatable bonds is 14. The minimum absolute atomic E-state index is 0.0244. The maximum atomic E-state index is 12.8. The van der Waals surface area contributed by atoms with Crippen LogP contribution < -0.4 is 21.7 Å². The summed E-state index contributed by atoms with van der Waals surface area (Å²) in [6.45, 7) is -0.747. The quantitative estimate of drug-likeness (QED) is 0.158. The maximum absolute atomic E-state index is 12.8. The van der Waals surface area contributed by atoms with E-state index in [0.717, 1.165) is 0 Å². The summed E-state index contributed by atoms with van der Waals surface area (Å²) in [5, 5.41) is 24.5. The number of nitrogens with zero attached hydrogens (tertiary/aromatic N) is 1. The second kappa shape index (κ2) is 13.2. The summed E-state index contributed by atoms with van der Waals surface area (Å²) in [6.07, 6.45) is 4.25. The van der Waals surface area contributed by atoms with Crippen molar-refractivity contribution in [3.8, 4) is 0 Å². The maximum Gasteiger partial charge on any atom is 0.322 e. The van der Waals surface area contributed by atoms with Crippen LogP contribution in [0.2, 0.25) is 0 Å². The normalized spacial score (nSPS) is 13.5. The van der Waals surface area contributed by atoms with E-state index in [1.54, 1.807) is 0 Å². The van der Waals surface area contributed by atoms with Gasteiger partial charge in [-0.1, -0.05) is 0 Å². The summed E-state index contributed by atoms with van der Waals surface area (Å²) in [4.78, 5) is 65.6. The molecule has 1 heterocycles. The van der Waals surface area contributed by atoms with Crippen LogP contribution in [0, 0.1) is 0 Å². The van der Waals surface area contributed by atoms with E-state index in [9.17, 15) is 24.0 Å². The van der Waals surface area contributed by atoms with Crippen molar-refractivity contribution in [3.63, 3.8) is 0 Å². The van der Waals surface area contributed by atoms with Crippen LogP contribution in [0.4, 0.5) is 0 Å². The zero-order valence-electron chi connectivity index (χ0n) is 16.8. The molecule has 3 unspecified atom stereocenters. The van der Waals surface area contributed by atoms with Crippen molar-refractivity contribution in [2.45, 2.75) is 37.4 Å². The highest BCUT2D eigenvalue weighted by molar-refractivity contribution is 7.98. The van der Waals surface area contributed by atoms with E-state index in [1.807, 2.05) is 11.6 Å². The molecule has 172 valence electrons. The highest BCUT2D eigenvalue weighted by atomic mass is 32.2. The predicted molar refractivity (Wildman–Crippen MR) is 110 cm³/mol. The molecule has 3 atom stereocenters. The second-order valence-corrected chi connectivity index (χ2v) is 7.49. The van der Waals surface area contributed by atoms with Gasteiger partial charge in [0.25, 0.3) is 0 Å². The number of hydrogen-bond donors (Lipinski definition) is 7. The zero-order chi connectivity index (χ0) is 23.4. The zero-order valence-corrected chi connectivity index (χ0v) is 17.6. The molecule has 1 rings (SSSR count). The molecule has 13 nitrogen and oxygen atoms in total. The number of imidazole rings is 1. The first-order valence-electron chi connectivity index (χ1n) is 9.17. The third kappa shape index (κ3) is 9.95. The number of hydrogen-bond acceptors (Lipinski definition) is 8. The number of amides is 3. The number of carbonyl (C=O) groups is 5. The first kappa shape index (κ1) is 25.9. The van der Waals surface area contributed by atoms with Crippen molar-refractivity contribution in [1.29, 1.82) is 0 Å². The Hall–Kier alpha value is -3.13. The number of H-pyrrole nitrogens is 1. The van der Waals surface area contributed by atoms with Gasteiger partial charge in [-0.15, -0.1) is 0 Å². The average molecular weight is 458 g/mol. The van der Waals surface area contributed by atoms with E-state index in [0.29, 0.717) is 17.9 Å². The van der Waals surface area contributed by atoms with Crippen molar-refractivity contribution in [3.05, 3.63) is 18.2 Å². The fourth-order valence-corrected chi connectivity index (χ4v) is 2.91. The van der Waals surface area contributed by atoms with Gasteiger partial charge in [0, 0.05) is 18.3 Å². The number of nitrogens with one attached hydrogen (secondary N) is 4. The van der Waals surface area contributed by atoms with Crippen molar-refractivity contribution in [1.82, 2.24) is 25.9 Å². The summed E-state index contributed by atoms with van der Waals surface area (Å²) >= 11 is 1.51. The third-order valence-corrected chi connectivity index (χ3v) is 4.65. The van der Waals surface area contributed by atoms with E-state index >= 15 is 0 Å². The molecule has 0 aromatic carbocycles. The van der Waals surface area contributed by atoms with Crippen LogP contribution in [0.5, 0.6) is 0 Å². The van der Waals surface area contributed by atoms with Crippen molar-refractivity contribution in [2.24, 2.45) is 5.73 Å². The molecule has 0 aliphatic rings. The molecular weight excluding hydrogens is 432 g/mol. The number of aromatic amines is 1. The molecule has 1 aromatic rings. The summed E-state index contributed by atoms with van der Waals surface area (Å²) in [7, 11) is 0. The standard InChI is InChI=1S/C17H26N6O7S/c1-31-3-2-10(18)15(28)22-11(4-9-6-19-8-21-9)17(30)23-12(5-13(24)25)16(29)20-7-14(26)27/h6,8,10-12H,2-5,7,18H2,1H3,(H,19,21)(H,20,29)(H,22,28)(H,23,30)(H,24,25)(H,26,27). The third-order valence-electron chi connectivity index (χ3n) is 4.01. The van der Waals surface area contributed by atoms with Gasteiger partial charge in [0.15, 0.2) is 0 Å².